The minimum Gasteiger partial charge on any atom is -0.320 e. The normalized spacial score (nSPS) is 13.2. The highest BCUT2D eigenvalue weighted by atomic mass is 32.2. The van der Waals surface area contributed by atoms with Crippen molar-refractivity contribution in [2.24, 2.45) is 5.73 Å². The van der Waals surface area contributed by atoms with Gasteiger partial charge in [-0.1, -0.05) is 29.8 Å². The van der Waals surface area contributed by atoms with Crippen molar-refractivity contribution in [2.75, 3.05) is 6.26 Å². The molecule has 0 aromatic heterocycles. The Morgan fingerprint density at radius 1 is 1.15 bits per heavy atom. The highest BCUT2D eigenvalue weighted by Crippen LogP contribution is 2.25. The first kappa shape index (κ1) is 14.7. The summed E-state index contributed by atoms with van der Waals surface area (Å²) in [7, 11) is -3.31. The van der Waals surface area contributed by atoms with E-state index in [9.17, 15) is 12.8 Å². The number of rotatable bonds is 3. The fourth-order valence-electron chi connectivity index (χ4n) is 2.02. The molecule has 0 bridgehead atoms. The molecule has 0 aliphatic carbocycles. The molecule has 3 nitrogen and oxygen atoms in total. The van der Waals surface area contributed by atoms with E-state index in [1.165, 1.54) is 18.2 Å². The largest absolute Gasteiger partial charge is 0.320 e. The highest BCUT2D eigenvalue weighted by Gasteiger charge is 2.16. The average Bonchev–Trinajstić information content (AvgIpc) is 2.40. The van der Waals surface area contributed by atoms with E-state index in [4.69, 9.17) is 5.73 Å². The van der Waals surface area contributed by atoms with E-state index in [1.54, 1.807) is 24.3 Å². The van der Waals surface area contributed by atoms with Crippen LogP contribution in [0.4, 0.5) is 4.39 Å². The van der Waals surface area contributed by atoms with Crippen LogP contribution >= 0.6 is 0 Å². The lowest BCUT2D eigenvalue weighted by Crippen LogP contribution is -2.14. The van der Waals surface area contributed by atoms with Gasteiger partial charge in [-0.15, -0.1) is 0 Å². The summed E-state index contributed by atoms with van der Waals surface area (Å²) in [6, 6.07) is 10.3. The molecule has 20 heavy (non-hydrogen) atoms. The van der Waals surface area contributed by atoms with Crippen molar-refractivity contribution >= 4 is 9.84 Å². The van der Waals surface area contributed by atoms with Gasteiger partial charge >= 0.3 is 0 Å². The van der Waals surface area contributed by atoms with Gasteiger partial charge in [-0.3, -0.25) is 0 Å². The van der Waals surface area contributed by atoms with Crippen LogP contribution in [-0.2, 0) is 9.84 Å². The lowest BCUT2D eigenvalue weighted by molar-refractivity contribution is 0.598. The quantitative estimate of drug-likeness (QED) is 0.946. The molecular weight excluding hydrogens is 277 g/mol. The smallest absolute Gasteiger partial charge is 0.175 e. The molecule has 1 unspecified atom stereocenters. The standard InChI is InChI=1S/C15H16FNO2S/c1-10-6-7-14(16)13(8-10)15(17)11-4-3-5-12(9-11)20(2,18)19/h3-9,15H,17H2,1-2H3. The van der Waals surface area contributed by atoms with Gasteiger partial charge in [-0.05, 0) is 30.7 Å². The Labute approximate surface area is 118 Å². The molecule has 0 aliphatic rings. The number of hydrogen-bond acceptors (Lipinski definition) is 3. The first-order valence-electron chi connectivity index (χ1n) is 6.10. The summed E-state index contributed by atoms with van der Waals surface area (Å²) in [6.45, 7) is 1.85. The molecule has 0 spiro atoms. The number of aryl methyl sites for hydroxylation is 1. The van der Waals surface area contributed by atoms with Crippen LogP contribution in [0.5, 0.6) is 0 Å². The minimum absolute atomic E-state index is 0.179. The first-order valence-corrected chi connectivity index (χ1v) is 8.00. The SMILES string of the molecule is Cc1ccc(F)c(C(N)c2cccc(S(C)(=O)=O)c2)c1. The molecule has 1 atom stereocenters. The zero-order valence-corrected chi connectivity index (χ0v) is 12.1. The van der Waals surface area contributed by atoms with Crippen LogP contribution in [-0.4, -0.2) is 14.7 Å². The van der Waals surface area contributed by atoms with Crippen LogP contribution in [0.25, 0.3) is 0 Å². The third kappa shape index (κ3) is 3.05. The maximum Gasteiger partial charge on any atom is 0.175 e. The summed E-state index contributed by atoms with van der Waals surface area (Å²) in [5, 5.41) is 0. The first-order chi connectivity index (χ1) is 9.29. The van der Waals surface area contributed by atoms with E-state index in [0.29, 0.717) is 11.1 Å². The Kier molecular flexibility index (Phi) is 3.92. The Morgan fingerprint density at radius 3 is 2.50 bits per heavy atom. The van der Waals surface area contributed by atoms with E-state index in [-0.39, 0.29) is 4.90 Å². The van der Waals surface area contributed by atoms with Gasteiger partial charge in [0.25, 0.3) is 0 Å². The van der Waals surface area contributed by atoms with Gasteiger partial charge in [0.2, 0.25) is 0 Å². The summed E-state index contributed by atoms with van der Waals surface area (Å²) < 4.78 is 36.9. The second-order valence-corrected chi connectivity index (χ2v) is 6.86. The number of nitrogens with two attached hydrogens (primary N) is 1. The van der Waals surface area contributed by atoms with E-state index in [0.717, 1.165) is 11.8 Å². The van der Waals surface area contributed by atoms with Crippen molar-refractivity contribution in [1.29, 1.82) is 0 Å². The zero-order chi connectivity index (χ0) is 14.9. The van der Waals surface area contributed by atoms with Crippen LogP contribution in [0.2, 0.25) is 0 Å². The molecule has 106 valence electrons. The summed E-state index contributed by atoms with van der Waals surface area (Å²) in [5.41, 5.74) is 7.89. The van der Waals surface area contributed by atoms with Crippen LogP contribution in [0, 0.1) is 12.7 Å². The van der Waals surface area contributed by atoms with Crippen LogP contribution in [0.15, 0.2) is 47.4 Å². The fourth-order valence-corrected chi connectivity index (χ4v) is 2.70. The second-order valence-electron chi connectivity index (χ2n) is 4.85. The molecule has 2 aromatic carbocycles. The van der Waals surface area contributed by atoms with E-state index < -0.39 is 21.7 Å². The molecule has 0 amide bonds. The van der Waals surface area contributed by atoms with Gasteiger partial charge in [-0.25, -0.2) is 12.8 Å². The molecule has 2 aromatic rings. The summed E-state index contributed by atoms with van der Waals surface area (Å²) in [5.74, 6) is -0.396. The second kappa shape index (κ2) is 5.34. The third-order valence-corrected chi connectivity index (χ3v) is 4.24. The molecule has 0 radical (unpaired) electrons. The Bertz CT molecular complexity index is 741. The van der Waals surface area contributed by atoms with Crippen molar-refractivity contribution in [3.63, 3.8) is 0 Å². The monoisotopic (exact) mass is 293 g/mol. The van der Waals surface area contributed by atoms with Gasteiger partial charge in [0, 0.05) is 11.8 Å². The summed E-state index contributed by atoms with van der Waals surface area (Å²) >= 11 is 0. The summed E-state index contributed by atoms with van der Waals surface area (Å²) in [4.78, 5) is 0.179. The van der Waals surface area contributed by atoms with Crippen molar-refractivity contribution < 1.29 is 12.8 Å². The molecule has 0 fully saturated rings. The Balaban J connectivity index is 2.48. The van der Waals surface area contributed by atoms with Gasteiger partial charge in [-0.2, -0.15) is 0 Å². The minimum atomic E-state index is -3.31. The zero-order valence-electron chi connectivity index (χ0n) is 11.3. The number of benzene rings is 2. The topological polar surface area (TPSA) is 60.2 Å². The maximum atomic E-state index is 13.8. The lowest BCUT2D eigenvalue weighted by Gasteiger charge is -2.15. The van der Waals surface area contributed by atoms with E-state index >= 15 is 0 Å². The molecule has 0 saturated carbocycles. The van der Waals surface area contributed by atoms with Crippen LogP contribution < -0.4 is 5.73 Å². The van der Waals surface area contributed by atoms with Crippen molar-refractivity contribution in [3.05, 3.63) is 65.0 Å². The van der Waals surface area contributed by atoms with Crippen molar-refractivity contribution in [1.82, 2.24) is 0 Å². The maximum absolute atomic E-state index is 13.8. The van der Waals surface area contributed by atoms with Gasteiger partial charge < -0.3 is 5.73 Å². The van der Waals surface area contributed by atoms with Crippen molar-refractivity contribution in [2.45, 2.75) is 17.9 Å². The third-order valence-electron chi connectivity index (χ3n) is 3.13. The molecule has 2 N–H and O–H groups in total. The molecule has 2 rings (SSSR count). The average molecular weight is 293 g/mol. The number of sulfone groups is 1. The molecule has 0 saturated heterocycles. The lowest BCUT2D eigenvalue weighted by atomic mass is 9.98. The molecule has 0 heterocycles. The van der Waals surface area contributed by atoms with Crippen molar-refractivity contribution in [3.8, 4) is 0 Å². The van der Waals surface area contributed by atoms with E-state index in [2.05, 4.69) is 0 Å². The summed E-state index contributed by atoms with van der Waals surface area (Å²) in [6.07, 6.45) is 1.13. The van der Waals surface area contributed by atoms with Gasteiger partial charge in [0.05, 0.1) is 10.9 Å². The predicted molar refractivity (Wildman–Crippen MR) is 76.7 cm³/mol. The Hall–Kier alpha value is -1.72. The molecule has 0 aliphatic heterocycles. The van der Waals surface area contributed by atoms with Crippen LogP contribution in [0.1, 0.15) is 22.7 Å². The fraction of sp³-hybridized carbons (Fsp3) is 0.200. The molecule has 5 heteroatoms. The number of halogens is 1. The predicted octanol–water partition coefficient (Wildman–Crippen LogP) is 2.59. The van der Waals surface area contributed by atoms with Crippen LogP contribution in [0.3, 0.4) is 0 Å². The Morgan fingerprint density at radius 2 is 1.85 bits per heavy atom. The van der Waals surface area contributed by atoms with Gasteiger partial charge in [0.15, 0.2) is 9.84 Å². The highest BCUT2D eigenvalue weighted by molar-refractivity contribution is 7.90. The number of hydrogen-bond donors (Lipinski definition) is 1. The van der Waals surface area contributed by atoms with Gasteiger partial charge in [0.1, 0.15) is 5.82 Å². The molecular formula is C15H16FNO2S. The van der Waals surface area contributed by atoms with E-state index in [1.807, 2.05) is 6.92 Å².